The third-order valence-electron chi connectivity index (χ3n) is 4.65. The van der Waals surface area contributed by atoms with Crippen molar-refractivity contribution >= 4 is 5.97 Å². The summed E-state index contributed by atoms with van der Waals surface area (Å²) < 4.78 is 0. The summed E-state index contributed by atoms with van der Waals surface area (Å²) >= 11 is 0. The molecular weight excluding hydrogens is 242 g/mol. The molecule has 2 aliphatic rings. The van der Waals surface area contributed by atoms with Crippen LogP contribution in [0.1, 0.15) is 32.6 Å². The summed E-state index contributed by atoms with van der Waals surface area (Å²) in [5.41, 5.74) is -0.782. The highest BCUT2D eigenvalue weighted by atomic mass is 16.4. The van der Waals surface area contributed by atoms with Gasteiger partial charge in [-0.1, -0.05) is 0 Å². The number of hydrogen-bond acceptors (Lipinski definition) is 4. The molecule has 0 aromatic heterocycles. The molecule has 1 heterocycles. The van der Waals surface area contributed by atoms with E-state index in [4.69, 9.17) is 0 Å². The molecule has 0 aromatic rings. The molecule has 5 nitrogen and oxygen atoms in total. The van der Waals surface area contributed by atoms with Gasteiger partial charge in [-0.25, -0.2) is 0 Å². The van der Waals surface area contributed by atoms with E-state index >= 15 is 0 Å². The highest BCUT2D eigenvalue weighted by Crippen LogP contribution is 2.27. The van der Waals surface area contributed by atoms with Crippen LogP contribution in [0.25, 0.3) is 0 Å². The normalized spacial score (nSPS) is 25.2. The van der Waals surface area contributed by atoms with Crippen LogP contribution in [-0.2, 0) is 4.79 Å². The fourth-order valence-corrected chi connectivity index (χ4v) is 2.79. The van der Waals surface area contributed by atoms with Crippen molar-refractivity contribution in [2.24, 2.45) is 0 Å². The van der Waals surface area contributed by atoms with Gasteiger partial charge in [0.25, 0.3) is 0 Å². The van der Waals surface area contributed by atoms with Crippen molar-refractivity contribution in [1.82, 2.24) is 15.1 Å². The first-order valence-electron chi connectivity index (χ1n) is 7.44. The van der Waals surface area contributed by atoms with E-state index in [0.29, 0.717) is 6.42 Å². The third kappa shape index (κ3) is 3.91. The summed E-state index contributed by atoms with van der Waals surface area (Å²) in [5, 5.41) is 12.1. The molecule has 1 atom stereocenters. The van der Waals surface area contributed by atoms with Crippen molar-refractivity contribution < 1.29 is 9.90 Å². The maximum Gasteiger partial charge on any atom is 0.323 e. The molecule has 5 heteroatoms. The van der Waals surface area contributed by atoms with Crippen LogP contribution in [0.15, 0.2) is 0 Å². The van der Waals surface area contributed by atoms with Crippen LogP contribution in [0.3, 0.4) is 0 Å². The van der Waals surface area contributed by atoms with Gasteiger partial charge in [-0.2, -0.15) is 0 Å². The molecule has 110 valence electrons. The molecular formula is C14H27N3O2. The molecule has 1 saturated carbocycles. The zero-order chi connectivity index (χ0) is 13.9. The first kappa shape index (κ1) is 14.8. The molecule has 1 unspecified atom stereocenters. The molecule has 0 aromatic carbocycles. The molecule has 2 rings (SSSR count). The minimum absolute atomic E-state index is 0.682. The number of rotatable bonds is 7. The van der Waals surface area contributed by atoms with Crippen molar-refractivity contribution in [3.63, 3.8) is 0 Å². The lowest BCUT2D eigenvalue weighted by molar-refractivity contribution is -0.144. The predicted molar refractivity (Wildman–Crippen MR) is 75.4 cm³/mol. The van der Waals surface area contributed by atoms with E-state index in [1.54, 1.807) is 14.0 Å². The Morgan fingerprint density at radius 3 is 2.42 bits per heavy atom. The van der Waals surface area contributed by atoms with Gasteiger partial charge in [0.1, 0.15) is 5.54 Å². The first-order chi connectivity index (χ1) is 9.05. The number of nitrogens with zero attached hydrogens (tertiary/aromatic N) is 2. The van der Waals surface area contributed by atoms with E-state index in [-0.39, 0.29) is 0 Å². The third-order valence-corrected chi connectivity index (χ3v) is 4.65. The van der Waals surface area contributed by atoms with Gasteiger partial charge in [0, 0.05) is 32.2 Å². The lowest BCUT2D eigenvalue weighted by atomic mass is 9.96. The maximum atomic E-state index is 11.2. The van der Waals surface area contributed by atoms with Gasteiger partial charge in [0.2, 0.25) is 0 Å². The van der Waals surface area contributed by atoms with E-state index in [1.165, 1.54) is 25.9 Å². The lowest BCUT2D eigenvalue weighted by Gasteiger charge is -2.35. The molecule has 2 N–H and O–H groups in total. The van der Waals surface area contributed by atoms with Gasteiger partial charge < -0.3 is 15.3 Å². The van der Waals surface area contributed by atoms with Crippen molar-refractivity contribution in [2.75, 3.05) is 39.8 Å². The minimum Gasteiger partial charge on any atom is -0.480 e. The van der Waals surface area contributed by atoms with Gasteiger partial charge in [0.05, 0.1) is 0 Å². The average Bonchev–Trinajstić information content (AvgIpc) is 3.23. The Bertz CT molecular complexity index is 312. The number of hydrogen-bond donors (Lipinski definition) is 2. The van der Waals surface area contributed by atoms with Crippen LogP contribution >= 0.6 is 0 Å². The van der Waals surface area contributed by atoms with Crippen LogP contribution in [0, 0.1) is 0 Å². The molecule has 1 aliphatic heterocycles. The largest absolute Gasteiger partial charge is 0.480 e. The molecule has 2 fully saturated rings. The molecule has 19 heavy (non-hydrogen) atoms. The fraction of sp³-hybridized carbons (Fsp3) is 0.929. The van der Waals surface area contributed by atoms with Gasteiger partial charge in [-0.3, -0.25) is 9.69 Å². The maximum absolute atomic E-state index is 11.2. The Labute approximate surface area is 115 Å². The summed E-state index contributed by atoms with van der Waals surface area (Å²) in [6, 6.07) is 0.877. The van der Waals surface area contributed by atoms with Crippen LogP contribution in [-0.4, -0.2) is 72.2 Å². The van der Waals surface area contributed by atoms with Crippen LogP contribution in [0.2, 0.25) is 0 Å². The van der Waals surface area contributed by atoms with Gasteiger partial charge in [0.15, 0.2) is 0 Å². The van der Waals surface area contributed by atoms with Gasteiger partial charge in [-0.05, 0) is 46.2 Å². The summed E-state index contributed by atoms with van der Waals surface area (Å²) in [5.74, 6) is -0.756. The highest BCUT2D eigenvalue weighted by Gasteiger charge is 2.32. The average molecular weight is 269 g/mol. The number of likely N-dealkylation sites (N-methyl/N-ethyl adjacent to an activating group) is 1. The SMILES string of the molecule is CNC(C)(CCCN1CCN(C2CC2)CC1)C(=O)O. The molecule has 0 radical (unpaired) electrons. The Morgan fingerprint density at radius 1 is 1.32 bits per heavy atom. The quantitative estimate of drug-likeness (QED) is 0.709. The fourth-order valence-electron chi connectivity index (χ4n) is 2.79. The number of aliphatic carboxylic acids is 1. The van der Waals surface area contributed by atoms with Crippen molar-refractivity contribution in [2.45, 2.75) is 44.2 Å². The number of nitrogens with one attached hydrogen (secondary N) is 1. The predicted octanol–water partition coefficient (Wildman–Crippen LogP) is 0.609. The Kier molecular flexibility index (Phi) is 4.81. The molecule has 1 saturated heterocycles. The van der Waals surface area contributed by atoms with Crippen molar-refractivity contribution in [3.05, 3.63) is 0 Å². The van der Waals surface area contributed by atoms with E-state index in [0.717, 1.165) is 32.1 Å². The topological polar surface area (TPSA) is 55.8 Å². The smallest absolute Gasteiger partial charge is 0.323 e. The van der Waals surface area contributed by atoms with E-state index in [9.17, 15) is 9.90 Å². The van der Waals surface area contributed by atoms with Crippen LogP contribution < -0.4 is 5.32 Å². The zero-order valence-electron chi connectivity index (χ0n) is 12.2. The first-order valence-corrected chi connectivity index (χ1v) is 7.44. The Balaban J connectivity index is 1.64. The van der Waals surface area contributed by atoms with Crippen LogP contribution in [0.4, 0.5) is 0 Å². The molecule has 0 spiro atoms. The highest BCUT2D eigenvalue weighted by molar-refractivity contribution is 5.78. The second-order valence-corrected chi connectivity index (χ2v) is 6.10. The Hall–Kier alpha value is -0.650. The van der Waals surface area contributed by atoms with Crippen molar-refractivity contribution in [1.29, 1.82) is 0 Å². The summed E-state index contributed by atoms with van der Waals surface area (Å²) in [6.07, 6.45) is 4.40. The summed E-state index contributed by atoms with van der Waals surface area (Å²) in [7, 11) is 1.72. The monoisotopic (exact) mass is 269 g/mol. The summed E-state index contributed by atoms with van der Waals surface area (Å²) in [6.45, 7) is 7.43. The standard InChI is InChI=1S/C14H27N3O2/c1-14(15-2,13(18)19)6-3-7-16-8-10-17(11-9-16)12-4-5-12/h12,15H,3-11H2,1-2H3,(H,18,19). The second kappa shape index (κ2) is 6.20. The molecule has 1 aliphatic carbocycles. The number of piperazine rings is 1. The summed E-state index contributed by atoms with van der Waals surface area (Å²) in [4.78, 5) is 16.2. The second-order valence-electron chi connectivity index (χ2n) is 6.10. The van der Waals surface area contributed by atoms with Gasteiger partial charge in [-0.15, -0.1) is 0 Å². The minimum atomic E-state index is -0.782. The number of carbonyl (C=O) groups is 1. The van der Waals surface area contributed by atoms with Crippen LogP contribution in [0.5, 0.6) is 0 Å². The lowest BCUT2D eigenvalue weighted by Crippen LogP contribution is -2.49. The molecule has 0 amide bonds. The molecule has 0 bridgehead atoms. The van der Waals surface area contributed by atoms with Gasteiger partial charge >= 0.3 is 5.97 Å². The van der Waals surface area contributed by atoms with Crippen molar-refractivity contribution in [3.8, 4) is 0 Å². The van der Waals surface area contributed by atoms with E-state index in [1.807, 2.05) is 0 Å². The van der Waals surface area contributed by atoms with E-state index in [2.05, 4.69) is 15.1 Å². The number of carboxylic acids is 1. The Morgan fingerprint density at radius 2 is 1.95 bits per heavy atom. The van der Waals surface area contributed by atoms with E-state index < -0.39 is 11.5 Å². The zero-order valence-corrected chi connectivity index (χ0v) is 12.2. The number of carboxylic acid groups (broad SMARTS) is 1.